The molecule has 3 nitrogen and oxygen atoms in total. The van der Waals surface area contributed by atoms with Gasteiger partial charge in [-0.05, 0) is 36.1 Å². The Kier molecular flexibility index (Phi) is 5.96. The summed E-state index contributed by atoms with van der Waals surface area (Å²) in [6.07, 6.45) is 0.884. The fourth-order valence-corrected chi connectivity index (χ4v) is 1.96. The van der Waals surface area contributed by atoms with Gasteiger partial charge in [-0.1, -0.05) is 26.3 Å². The lowest BCUT2D eigenvalue weighted by Gasteiger charge is -2.22. The van der Waals surface area contributed by atoms with Gasteiger partial charge in [0.2, 0.25) is 0 Å². The second-order valence-corrected chi connectivity index (χ2v) is 4.84. The topological polar surface area (TPSA) is 38.3 Å². The molecule has 1 rings (SSSR count). The van der Waals surface area contributed by atoms with E-state index in [1.54, 1.807) is 6.07 Å². The van der Waals surface area contributed by atoms with Crippen LogP contribution in [0.2, 0.25) is 0 Å². The maximum atomic E-state index is 13.0. The lowest BCUT2D eigenvalue weighted by molar-refractivity contribution is -0.144. The molecule has 0 amide bonds. The molecule has 4 heteroatoms. The largest absolute Gasteiger partial charge is 0.468 e. The van der Waals surface area contributed by atoms with Crippen LogP contribution in [-0.2, 0) is 16.1 Å². The lowest BCUT2D eigenvalue weighted by atomic mass is 9.98. The zero-order valence-corrected chi connectivity index (χ0v) is 12.0. The van der Waals surface area contributed by atoms with Crippen LogP contribution in [0, 0.1) is 18.7 Å². The van der Waals surface area contributed by atoms with Crippen molar-refractivity contribution in [2.24, 2.45) is 5.92 Å². The molecule has 0 aromatic heterocycles. The monoisotopic (exact) mass is 267 g/mol. The molecule has 2 unspecified atom stereocenters. The third-order valence-corrected chi connectivity index (χ3v) is 3.49. The van der Waals surface area contributed by atoms with Crippen LogP contribution >= 0.6 is 0 Å². The maximum absolute atomic E-state index is 13.0. The Morgan fingerprint density at radius 2 is 2.16 bits per heavy atom. The highest BCUT2D eigenvalue weighted by Crippen LogP contribution is 2.13. The Hall–Kier alpha value is -1.42. The minimum atomic E-state index is -0.334. The van der Waals surface area contributed by atoms with Crippen LogP contribution in [0.5, 0.6) is 0 Å². The Bertz CT molecular complexity index is 434. The van der Waals surface area contributed by atoms with Gasteiger partial charge in [-0.3, -0.25) is 4.79 Å². The molecule has 0 spiro atoms. The van der Waals surface area contributed by atoms with Crippen molar-refractivity contribution in [3.8, 4) is 0 Å². The summed E-state index contributed by atoms with van der Waals surface area (Å²) in [5.74, 6) is -0.310. The molecule has 2 atom stereocenters. The standard InChI is InChI=1S/C15H22FNO2/c1-5-10(2)14(15(18)19-4)17-9-12-6-7-13(16)8-11(12)3/h6-8,10,14,17H,5,9H2,1-4H3. The lowest BCUT2D eigenvalue weighted by Crippen LogP contribution is -2.42. The van der Waals surface area contributed by atoms with Crippen LogP contribution in [0.25, 0.3) is 0 Å². The molecular formula is C15H22FNO2. The number of ether oxygens (including phenoxy) is 1. The van der Waals surface area contributed by atoms with E-state index in [-0.39, 0.29) is 23.7 Å². The summed E-state index contributed by atoms with van der Waals surface area (Å²) in [7, 11) is 1.39. The van der Waals surface area contributed by atoms with Gasteiger partial charge in [0.25, 0.3) is 0 Å². The quantitative estimate of drug-likeness (QED) is 0.805. The Morgan fingerprint density at radius 3 is 2.68 bits per heavy atom. The summed E-state index contributed by atoms with van der Waals surface area (Å²) in [5, 5.41) is 3.20. The van der Waals surface area contributed by atoms with Gasteiger partial charge in [0, 0.05) is 6.54 Å². The number of hydrogen-bond donors (Lipinski definition) is 1. The number of rotatable bonds is 6. The smallest absolute Gasteiger partial charge is 0.323 e. The van der Waals surface area contributed by atoms with Crippen LogP contribution in [0.15, 0.2) is 18.2 Å². The summed E-state index contributed by atoms with van der Waals surface area (Å²) in [6.45, 7) is 6.42. The predicted octanol–water partition coefficient (Wildman–Crippen LogP) is 2.81. The number of benzene rings is 1. The molecule has 0 aliphatic carbocycles. The Labute approximate surface area is 114 Å². The predicted molar refractivity (Wildman–Crippen MR) is 73.2 cm³/mol. The number of nitrogens with one attached hydrogen (secondary N) is 1. The summed E-state index contributed by atoms with van der Waals surface area (Å²) in [5.41, 5.74) is 1.86. The second kappa shape index (κ2) is 7.24. The molecule has 0 saturated heterocycles. The van der Waals surface area contributed by atoms with Gasteiger partial charge in [0.1, 0.15) is 11.9 Å². The first kappa shape index (κ1) is 15.6. The molecular weight excluding hydrogens is 245 g/mol. The van der Waals surface area contributed by atoms with Gasteiger partial charge >= 0.3 is 5.97 Å². The van der Waals surface area contributed by atoms with Gasteiger partial charge in [-0.15, -0.1) is 0 Å². The number of aryl methyl sites for hydroxylation is 1. The SMILES string of the molecule is CCC(C)C(NCc1ccc(F)cc1C)C(=O)OC. The van der Waals surface area contributed by atoms with Crippen molar-refractivity contribution in [3.63, 3.8) is 0 Å². The van der Waals surface area contributed by atoms with E-state index >= 15 is 0 Å². The van der Waals surface area contributed by atoms with Gasteiger partial charge in [0.15, 0.2) is 0 Å². The molecule has 0 aliphatic heterocycles. The summed E-state index contributed by atoms with van der Waals surface area (Å²) >= 11 is 0. The first-order valence-corrected chi connectivity index (χ1v) is 6.55. The van der Waals surface area contributed by atoms with Gasteiger partial charge < -0.3 is 10.1 Å². The van der Waals surface area contributed by atoms with E-state index in [2.05, 4.69) is 5.32 Å². The van der Waals surface area contributed by atoms with Gasteiger partial charge in [-0.25, -0.2) is 4.39 Å². The molecule has 0 saturated carbocycles. The third kappa shape index (κ3) is 4.31. The summed E-state index contributed by atoms with van der Waals surface area (Å²) < 4.78 is 17.8. The number of hydrogen-bond acceptors (Lipinski definition) is 3. The van der Waals surface area contributed by atoms with Crippen LogP contribution in [0.3, 0.4) is 0 Å². The number of esters is 1. The average Bonchev–Trinajstić information content (AvgIpc) is 2.40. The molecule has 0 fully saturated rings. The van der Waals surface area contributed by atoms with Crippen molar-refractivity contribution in [1.82, 2.24) is 5.32 Å². The first-order valence-electron chi connectivity index (χ1n) is 6.55. The molecule has 19 heavy (non-hydrogen) atoms. The highest BCUT2D eigenvalue weighted by molar-refractivity contribution is 5.76. The van der Waals surface area contributed by atoms with Gasteiger partial charge in [-0.2, -0.15) is 0 Å². The molecule has 1 aromatic carbocycles. The fourth-order valence-electron chi connectivity index (χ4n) is 1.96. The first-order chi connectivity index (χ1) is 8.99. The van der Waals surface area contributed by atoms with Crippen LogP contribution in [-0.4, -0.2) is 19.1 Å². The van der Waals surface area contributed by atoms with Gasteiger partial charge in [0.05, 0.1) is 7.11 Å². The maximum Gasteiger partial charge on any atom is 0.323 e. The van der Waals surface area contributed by atoms with Crippen LogP contribution < -0.4 is 5.32 Å². The van der Waals surface area contributed by atoms with Crippen molar-refractivity contribution < 1.29 is 13.9 Å². The second-order valence-electron chi connectivity index (χ2n) is 4.84. The highest BCUT2D eigenvalue weighted by Gasteiger charge is 2.24. The molecule has 1 N–H and O–H groups in total. The number of carbonyl (C=O) groups is 1. The molecule has 106 valence electrons. The average molecular weight is 267 g/mol. The third-order valence-electron chi connectivity index (χ3n) is 3.49. The molecule has 0 heterocycles. The van der Waals surface area contributed by atoms with E-state index in [4.69, 9.17) is 4.74 Å². The van der Waals surface area contributed by atoms with Crippen LogP contribution in [0.4, 0.5) is 4.39 Å². The van der Waals surface area contributed by atoms with Crippen molar-refractivity contribution in [2.75, 3.05) is 7.11 Å². The zero-order chi connectivity index (χ0) is 14.4. The van der Waals surface area contributed by atoms with Crippen molar-refractivity contribution in [2.45, 2.75) is 39.8 Å². The fraction of sp³-hybridized carbons (Fsp3) is 0.533. The summed E-state index contributed by atoms with van der Waals surface area (Å²) in [4.78, 5) is 11.7. The zero-order valence-electron chi connectivity index (χ0n) is 12.0. The minimum Gasteiger partial charge on any atom is -0.468 e. The van der Waals surface area contributed by atoms with E-state index < -0.39 is 0 Å². The number of carbonyl (C=O) groups excluding carboxylic acids is 1. The van der Waals surface area contributed by atoms with E-state index in [9.17, 15) is 9.18 Å². The molecule has 0 aliphatic rings. The Balaban J connectivity index is 2.73. The minimum absolute atomic E-state index is 0.188. The number of halogens is 1. The molecule has 0 bridgehead atoms. The van der Waals surface area contributed by atoms with E-state index in [1.807, 2.05) is 20.8 Å². The number of methoxy groups -OCH3 is 1. The van der Waals surface area contributed by atoms with Crippen molar-refractivity contribution in [3.05, 3.63) is 35.1 Å². The Morgan fingerprint density at radius 1 is 1.47 bits per heavy atom. The highest BCUT2D eigenvalue weighted by atomic mass is 19.1. The molecule has 1 aromatic rings. The normalized spacial score (nSPS) is 13.9. The van der Waals surface area contributed by atoms with Crippen LogP contribution in [0.1, 0.15) is 31.4 Å². The van der Waals surface area contributed by atoms with Crippen molar-refractivity contribution in [1.29, 1.82) is 0 Å². The van der Waals surface area contributed by atoms with E-state index in [1.165, 1.54) is 19.2 Å². The van der Waals surface area contributed by atoms with E-state index in [0.717, 1.165) is 17.5 Å². The molecule has 0 radical (unpaired) electrons. The summed E-state index contributed by atoms with van der Waals surface area (Å²) in [6, 6.07) is 4.33. The van der Waals surface area contributed by atoms with E-state index in [0.29, 0.717) is 6.54 Å². The van der Waals surface area contributed by atoms with Crippen molar-refractivity contribution >= 4 is 5.97 Å².